The Morgan fingerprint density at radius 2 is 2.06 bits per heavy atom. The summed E-state index contributed by atoms with van der Waals surface area (Å²) in [6, 6.07) is 1.56. The van der Waals surface area contributed by atoms with Gasteiger partial charge in [0.05, 0.1) is 5.69 Å². The Labute approximate surface area is 87.1 Å². The Balaban J connectivity index is 2.87. The van der Waals surface area contributed by atoms with Gasteiger partial charge in [0.1, 0.15) is 5.69 Å². The molecule has 7 heteroatoms. The second-order valence-corrected chi connectivity index (χ2v) is 3.13. The van der Waals surface area contributed by atoms with E-state index in [0.29, 0.717) is 6.07 Å². The zero-order valence-corrected chi connectivity index (χ0v) is 7.82. The number of nitrogens with two attached hydrogens (primary N) is 1. The fraction of sp³-hybridized carbons (Fsp3) is 0.111. The van der Waals surface area contributed by atoms with E-state index in [2.05, 4.69) is 4.98 Å². The Kier molecular flexibility index (Phi) is 2.30. The molecule has 2 heterocycles. The number of hydrogen-bond donors (Lipinski definition) is 1. The minimum Gasteiger partial charge on any atom is -0.397 e. The van der Waals surface area contributed by atoms with E-state index in [9.17, 15) is 18.0 Å². The molecular weight excluding hydrogens is 223 g/mol. The summed E-state index contributed by atoms with van der Waals surface area (Å²) in [5, 5.41) is 0. The maximum Gasteiger partial charge on any atom is 0.280 e. The molecular formula is C9H6F3N3O. The van der Waals surface area contributed by atoms with E-state index in [4.69, 9.17) is 5.73 Å². The van der Waals surface area contributed by atoms with Crippen molar-refractivity contribution in [2.45, 2.75) is 6.43 Å². The molecule has 0 saturated heterocycles. The van der Waals surface area contributed by atoms with Gasteiger partial charge in [-0.2, -0.15) is 0 Å². The van der Waals surface area contributed by atoms with E-state index in [1.54, 1.807) is 0 Å². The van der Waals surface area contributed by atoms with E-state index in [1.165, 1.54) is 0 Å². The fourth-order valence-corrected chi connectivity index (χ4v) is 1.31. The Bertz CT molecular complexity index is 609. The highest BCUT2D eigenvalue weighted by Crippen LogP contribution is 2.17. The van der Waals surface area contributed by atoms with Gasteiger partial charge in [0.2, 0.25) is 0 Å². The maximum atomic E-state index is 13.3. The summed E-state index contributed by atoms with van der Waals surface area (Å²) in [4.78, 5) is 14.7. The van der Waals surface area contributed by atoms with Gasteiger partial charge in [0.25, 0.3) is 12.0 Å². The van der Waals surface area contributed by atoms with Crippen molar-refractivity contribution in [3.63, 3.8) is 0 Å². The highest BCUT2D eigenvalue weighted by molar-refractivity contribution is 5.48. The quantitative estimate of drug-likeness (QED) is 0.802. The Hall–Kier alpha value is -2.05. The van der Waals surface area contributed by atoms with Crippen LogP contribution in [0.5, 0.6) is 0 Å². The summed E-state index contributed by atoms with van der Waals surface area (Å²) in [6.45, 7) is 0. The topological polar surface area (TPSA) is 60.4 Å². The van der Waals surface area contributed by atoms with Gasteiger partial charge in [0.15, 0.2) is 11.5 Å². The third kappa shape index (κ3) is 1.60. The standard InChI is InChI=1S/C9H6F3N3O/c10-5-1-4(13)3-15-7(16)2-6(8(11)12)14-9(5)15/h1-3,8H,13H2. The first-order valence-corrected chi connectivity index (χ1v) is 4.25. The molecule has 84 valence electrons. The van der Waals surface area contributed by atoms with E-state index in [1.807, 2.05) is 0 Å². The van der Waals surface area contributed by atoms with Gasteiger partial charge in [-0.25, -0.2) is 18.2 Å². The summed E-state index contributed by atoms with van der Waals surface area (Å²) >= 11 is 0. The number of nitrogens with zero attached hydrogens (tertiary/aromatic N) is 2. The minimum absolute atomic E-state index is 0.0127. The monoisotopic (exact) mass is 229 g/mol. The molecule has 0 bridgehead atoms. The van der Waals surface area contributed by atoms with Crippen molar-refractivity contribution in [2.75, 3.05) is 5.73 Å². The van der Waals surface area contributed by atoms with Crippen molar-refractivity contribution in [3.8, 4) is 0 Å². The van der Waals surface area contributed by atoms with Crippen LogP contribution < -0.4 is 11.3 Å². The van der Waals surface area contributed by atoms with Crippen molar-refractivity contribution in [2.24, 2.45) is 0 Å². The third-order valence-electron chi connectivity index (χ3n) is 1.98. The number of halogens is 3. The van der Waals surface area contributed by atoms with Crippen molar-refractivity contribution < 1.29 is 13.2 Å². The van der Waals surface area contributed by atoms with Crippen LogP contribution in [0.3, 0.4) is 0 Å². The first kappa shape index (κ1) is 10.5. The molecule has 0 spiro atoms. The summed E-state index contributed by atoms with van der Waals surface area (Å²) in [5.41, 5.74) is 3.31. The Morgan fingerprint density at radius 3 is 2.69 bits per heavy atom. The first-order chi connectivity index (χ1) is 7.49. The van der Waals surface area contributed by atoms with Crippen LogP contribution in [0, 0.1) is 5.82 Å². The van der Waals surface area contributed by atoms with E-state index in [-0.39, 0.29) is 5.69 Å². The van der Waals surface area contributed by atoms with Crippen molar-refractivity contribution >= 4 is 11.3 Å². The number of aromatic nitrogens is 2. The van der Waals surface area contributed by atoms with Crippen LogP contribution in [0.4, 0.5) is 18.9 Å². The van der Waals surface area contributed by atoms with Crippen LogP contribution in [-0.2, 0) is 0 Å². The molecule has 0 aliphatic carbocycles. The average Bonchev–Trinajstić information content (AvgIpc) is 2.19. The molecule has 2 aromatic heterocycles. The molecule has 0 amide bonds. The number of pyridine rings is 1. The molecule has 4 nitrogen and oxygen atoms in total. The molecule has 16 heavy (non-hydrogen) atoms. The SMILES string of the molecule is Nc1cc(F)c2nc(C(F)F)cc(=O)n2c1. The number of alkyl halides is 2. The van der Waals surface area contributed by atoms with Gasteiger partial charge < -0.3 is 5.73 Å². The second kappa shape index (κ2) is 3.51. The van der Waals surface area contributed by atoms with Gasteiger partial charge in [-0.05, 0) is 0 Å². The van der Waals surface area contributed by atoms with Crippen LogP contribution in [0.2, 0.25) is 0 Å². The molecule has 0 atom stereocenters. The number of hydrogen-bond acceptors (Lipinski definition) is 3. The van der Waals surface area contributed by atoms with E-state index >= 15 is 0 Å². The maximum absolute atomic E-state index is 13.3. The lowest BCUT2D eigenvalue weighted by atomic mass is 10.3. The van der Waals surface area contributed by atoms with Crippen LogP contribution >= 0.6 is 0 Å². The molecule has 0 unspecified atom stereocenters. The van der Waals surface area contributed by atoms with E-state index < -0.39 is 29.1 Å². The number of nitrogen functional groups attached to an aromatic ring is 1. The average molecular weight is 229 g/mol. The zero-order chi connectivity index (χ0) is 11.9. The number of fused-ring (bicyclic) bond motifs is 1. The van der Waals surface area contributed by atoms with Crippen LogP contribution in [0.1, 0.15) is 12.1 Å². The van der Waals surface area contributed by atoms with Crippen molar-refractivity contribution in [3.05, 3.63) is 40.2 Å². The lowest BCUT2D eigenvalue weighted by Gasteiger charge is -2.05. The van der Waals surface area contributed by atoms with Gasteiger partial charge in [-0.1, -0.05) is 0 Å². The van der Waals surface area contributed by atoms with Crippen molar-refractivity contribution in [1.29, 1.82) is 0 Å². The minimum atomic E-state index is -2.92. The molecule has 2 aromatic rings. The number of anilines is 1. The summed E-state index contributed by atoms with van der Waals surface area (Å²) in [6.07, 6.45) is -1.79. The summed E-state index contributed by atoms with van der Waals surface area (Å²) in [5.74, 6) is -0.917. The molecule has 2 rings (SSSR count). The smallest absolute Gasteiger partial charge is 0.280 e. The van der Waals surface area contributed by atoms with E-state index in [0.717, 1.165) is 16.7 Å². The predicted octanol–water partition coefficient (Wildman–Crippen LogP) is 1.35. The van der Waals surface area contributed by atoms with Crippen molar-refractivity contribution in [1.82, 2.24) is 9.38 Å². The van der Waals surface area contributed by atoms with Gasteiger partial charge >= 0.3 is 0 Å². The molecule has 0 radical (unpaired) electrons. The van der Waals surface area contributed by atoms with Gasteiger partial charge in [-0.15, -0.1) is 0 Å². The van der Waals surface area contributed by atoms with Crippen LogP contribution in [-0.4, -0.2) is 9.38 Å². The third-order valence-corrected chi connectivity index (χ3v) is 1.98. The fourth-order valence-electron chi connectivity index (χ4n) is 1.31. The molecule has 0 aromatic carbocycles. The van der Waals surface area contributed by atoms with Crippen LogP contribution in [0.15, 0.2) is 23.1 Å². The van der Waals surface area contributed by atoms with Gasteiger partial charge in [0, 0.05) is 18.3 Å². The molecule has 0 aliphatic rings. The predicted molar refractivity (Wildman–Crippen MR) is 50.8 cm³/mol. The molecule has 0 fully saturated rings. The normalized spacial score (nSPS) is 11.2. The summed E-state index contributed by atoms with van der Waals surface area (Å²) in [7, 11) is 0. The second-order valence-electron chi connectivity index (χ2n) is 3.13. The largest absolute Gasteiger partial charge is 0.397 e. The highest BCUT2D eigenvalue weighted by Gasteiger charge is 2.14. The highest BCUT2D eigenvalue weighted by atomic mass is 19.3. The molecule has 0 aliphatic heterocycles. The molecule has 0 saturated carbocycles. The Morgan fingerprint density at radius 1 is 1.38 bits per heavy atom. The van der Waals surface area contributed by atoms with Crippen LogP contribution in [0.25, 0.3) is 5.65 Å². The lowest BCUT2D eigenvalue weighted by molar-refractivity contribution is 0.146. The lowest BCUT2D eigenvalue weighted by Crippen LogP contribution is -2.17. The van der Waals surface area contributed by atoms with Gasteiger partial charge in [-0.3, -0.25) is 9.20 Å². The summed E-state index contributed by atoms with van der Waals surface area (Å²) < 4.78 is 38.8. The first-order valence-electron chi connectivity index (χ1n) is 4.25. The zero-order valence-electron chi connectivity index (χ0n) is 7.82. The molecule has 2 N–H and O–H groups in total. The number of rotatable bonds is 1.